The van der Waals surface area contributed by atoms with E-state index in [1.54, 1.807) is 25.3 Å². The molecular weight excluding hydrogens is 412 g/mol. The number of carbonyl (C=O) groups excluding carboxylic acids is 1. The molecule has 4 heterocycles. The molecule has 11 nitrogen and oxygen atoms in total. The minimum atomic E-state index is -0.626. The molecule has 2 N–H and O–H groups in total. The zero-order valence-electron chi connectivity index (χ0n) is 17.3. The number of fused-ring (bicyclic) bond motifs is 1. The minimum Gasteiger partial charge on any atom is -0.348 e. The quantitative estimate of drug-likeness (QED) is 0.461. The highest BCUT2D eigenvalue weighted by Gasteiger charge is 2.28. The molecule has 4 aromatic rings. The van der Waals surface area contributed by atoms with Gasteiger partial charge in [-0.15, -0.1) is 0 Å². The van der Waals surface area contributed by atoms with Gasteiger partial charge in [0.25, 0.3) is 11.5 Å². The number of carbonyl (C=O) groups is 1. The van der Waals surface area contributed by atoms with Crippen molar-refractivity contribution in [3.8, 4) is 5.82 Å². The Labute approximate surface area is 181 Å². The summed E-state index contributed by atoms with van der Waals surface area (Å²) < 4.78 is 2.89. The van der Waals surface area contributed by atoms with Gasteiger partial charge in [-0.3, -0.25) is 19.1 Å². The van der Waals surface area contributed by atoms with E-state index in [2.05, 4.69) is 30.4 Å². The molecule has 11 heteroatoms. The van der Waals surface area contributed by atoms with E-state index in [1.165, 1.54) is 21.9 Å². The first-order valence-electron chi connectivity index (χ1n) is 10.3. The second-order valence-electron chi connectivity index (χ2n) is 7.58. The van der Waals surface area contributed by atoms with Gasteiger partial charge in [0.1, 0.15) is 12.7 Å². The third kappa shape index (κ3) is 3.47. The van der Waals surface area contributed by atoms with Crippen molar-refractivity contribution in [1.82, 2.24) is 39.6 Å². The lowest BCUT2D eigenvalue weighted by Gasteiger charge is -2.13. The highest BCUT2D eigenvalue weighted by molar-refractivity contribution is 6.05. The molecule has 0 atom stereocenters. The molecule has 0 saturated heterocycles. The van der Waals surface area contributed by atoms with Crippen LogP contribution >= 0.6 is 0 Å². The van der Waals surface area contributed by atoms with Crippen LogP contribution in [0.25, 0.3) is 16.9 Å². The van der Waals surface area contributed by atoms with Crippen LogP contribution < -0.4 is 16.6 Å². The molecule has 1 fully saturated rings. The number of H-pyrrole nitrogens is 1. The SMILES string of the molecule is CCn1c(=O)[nH]c(=O)c2c(C(=O)NCc3cccnc3-n3cncn3)cc(C3CC3)nc21. The number of pyridine rings is 2. The van der Waals surface area contributed by atoms with Gasteiger partial charge in [-0.1, -0.05) is 6.07 Å². The second kappa shape index (κ2) is 7.84. The van der Waals surface area contributed by atoms with E-state index in [0.29, 0.717) is 12.4 Å². The number of aryl methyl sites for hydroxylation is 1. The first-order valence-corrected chi connectivity index (χ1v) is 10.3. The van der Waals surface area contributed by atoms with Crippen LogP contribution in [0, 0.1) is 0 Å². The van der Waals surface area contributed by atoms with Gasteiger partial charge in [-0.2, -0.15) is 5.10 Å². The molecule has 0 unspecified atom stereocenters. The Morgan fingerprint density at radius 1 is 1.31 bits per heavy atom. The van der Waals surface area contributed by atoms with Crippen molar-refractivity contribution in [2.24, 2.45) is 0 Å². The summed E-state index contributed by atoms with van der Waals surface area (Å²) in [6.07, 6.45) is 6.49. The summed E-state index contributed by atoms with van der Waals surface area (Å²) in [5.41, 5.74) is 0.724. The van der Waals surface area contributed by atoms with Crippen molar-refractivity contribution in [2.75, 3.05) is 0 Å². The van der Waals surface area contributed by atoms with Crippen molar-refractivity contribution < 1.29 is 4.79 Å². The average Bonchev–Trinajstić information content (AvgIpc) is 3.51. The monoisotopic (exact) mass is 432 g/mol. The van der Waals surface area contributed by atoms with Gasteiger partial charge in [0.15, 0.2) is 11.5 Å². The lowest BCUT2D eigenvalue weighted by atomic mass is 10.1. The third-order valence-electron chi connectivity index (χ3n) is 5.47. The van der Waals surface area contributed by atoms with Crippen LogP contribution in [0.2, 0.25) is 0 Å². The smallest absolute Gasteiger partial charge is 0.329 e. The maximum atomic E-state index is 13.2. The van der Waals surface area contributed by atoms with Crippen LogP contribution in [0.1, 0.15) is 47.3 Å². The highest BCUT2D eigenvalue weighted by atomic mass is 16.2. The lowest BCUT2D eigenvalue weighted by Crippen LogP contribution is -2.33. The molecular formula is C21H20N8O3. The predicted octanol–water partition coefficient (Wildman–Crippen LogP) is 0.888. The van der Waals surface area contributed by atoms with Gasteiger partial charge in [0.05, 0.1) is 10.9 Å². The second-order valence-corrected chi connectivity index (χ2v) is 7.58. The van der Waals surface area contributed by atoms with E-state index in [4.69, 9.17) is 0 Å². The van der Waals surface area contributed by atoms with Gasteiger partial charge >= 0.3 is 5.69 Å². The Hall–Kier alpha value is -4.15. The first-order chi connectivity index (χ1) is 15.6. The fraction of sp³-hybridized carbons (Fsp3) is 0.286. The van der Waals surface area contributed by atoms with Crippen LogP contribution in [0.5, 0.6) is 0 Å². The number of nitrogens with zero attached hydrogens (tertiary/aromatic N) is 6. The van der Waals surface area contributed by atoms with E-state index in [1.807, 2.05) is 6.07 Å². The van der Waals surface area contributed by atoms with Gasteiger partial charge in [0, 0.05) is 36.5 Å². The summed E-state index contributed by atoms with van der Waals surface area (Å²) in [7, 11) is 0. The predicted molar refractivity (Wildman–Crippen MR) is 115 cm³/mol. The first kappa shape index (κ1) is 19.8. The Morgan fingerprint density at radius 2 is 2.16 bits per heavy atom. The van der Waals surface area contributed by atoms with Crippen LogP contribution in [0.15, 0.2) is 46.6 Å². The van der Waals surface area contributed by atoms with Gasteiger partial charge in [-0.25, -0.2) is 24.4 Å². The summed E-state index contributed by atoms with van der Waals surface area (Å²) >= 11 is 0. The average molecular weight is 432 g/mol. The Kier molecular flexibility index (Phi) is 4.85. The zero-order chi connectivity index (χ0) is 22.2. The minimum absolute atomic E-state index is 0.107. The summed E-state index contributed by atoms with van der Waals surface area (Å²) in [4.78, 5) is 53.3. The third-order valence-corrected chi connectivity index (χ3v) is 5.47. The maximum absolute atomic E-state index is 13.2. The number of hydrogen-bond acceptors (Lipinski definition) is 7. The summed E-state index contributed by atoms with van der Waals surface area (Å²) in [6, 6.07) is 5.25. The molecule has 0 radical (unpaired) electrons. The number of aromatic amines is 1. The molecule has 4 aromatic heterocycles. The van der Waals surface area contributed by atoms with E-state index in [-0.39, 0.29) is 29.1 Å². The van der Waals surface area contributed by atoms with Crippen LogP contribution in [0.3, 0.4) is 0 Å². The Bertz CT molecular complexity index is 1430. The molecule has 32 heavy (non-hydrogen) atoms. The van der Waals surface area contributed by atoms with E-state index < -0.39 is 17.2 Å². The Morgan fingerprint density at radius 3 is 2.88 bits per heavy atom. The van der Waals surface area contributed by atoms with Crippen molar-refractivity contribution >= 4 is 16.9 Å². The van der Waals surface area contributed by atoms with Crippen LogP contribution in [-0.2, 0) is 13.1 Å². The van der Waals surface area contributed by atoms with E-state index in [9.17, 15) is 14.4 Å². The molecule has 162 valence electrons. The van der Waals surface area contributed by atoms with Crippen LogP contribution in [0.4, 0.5) is 0 Å². The number of amides is 1. The van der Waals surface area contributed by atoms with E-state index >= 15 is 0 Å². The lowest BCUT2D eigenvalue weighted by molar-refractivity contribution is 0.0952. The highest BCUT2D eigenvalue weighted by Crippen LogP contribution is 2.39. The number of hydrogen-bond donors (Lipinski definition) is 2. The fourth-order valence-corrected chi connectivity index (χ4v) is 3.72. The Balaban J connectivity index is 1.55. The van der Waals surface area contributed by atoms with Gasteiger partial charge in [0.2, 0.25) is 0 Å². The summed E-state index contributed by atoms with van der Waals surface area (Å²) in [5, 5.41) is 7.07. The van der Waals surface area contributed by atoms with Crippen molar-refractivity contribution in [1.29, 1.82) is 0 Å². The molecule has 1 aliphatic rings. The van der Waals surface area contributed by atoms with Gasteiger partial charge < -0.3 is 5.32 Å². The standard InChI is InChI=1S/C21H20N8O3/c1-2-28-18-16(20(31)27-21(28)32)14(8-15(26-18)12-5-6-12)19(30)24-9-13-4-3-7-23-17(13)29-11-22-10-25-29/h3-4,7-8,10-12H,2,5-6,9H2,1H3,(H,24,30)(H,27,31,32). The molecule has 1 amide bonds. The maximum Gasteiger partial charge on any atom is 0.329 e. The summed E-state index contributed by atoms with van der Waals surface area (Å²) in [6.45, 7) is 2.28. The number of aromatic nitrogens is 7. The van der Waals surface area contributed by atoms with Crippen molar-refractivity contribution in [3.63, 3.8) is 0 Å². The summed E-state index contributed by atoms with van der Waals surface area (Å²) in [5.74, 6) is 0.351. The molecule has 5 rings (SSSR count). The zero-order valence-corrected chi connectivity index (χ0v) is 17.3. The van der Waals surface area contributed by atoms with Gasteiger partial charge in [-0.05, 0) is 31.9 Å². The molecule has 1 saturated carbocycles. The fourth-order valence-electron chi connectivity index (χ4n) is 3.72. The normalized spacial score (nSPS) is 13.4. The largest absolute Gasteiger partial charge is 0.348 e. The molecule has 1 aliphatic carbocycles. The molecule has 0 aromatic carbocycles. The van der Waals surface area contributed by atoms with Crippen molar-refractivity contribution in [2.45, 2.75) is 38.8 Å². The number of nitrogens with one attached hydrogen (secondary N) is 2. The number of rotatable bonds is 6. The van der Waals surface area contributed by atoms with Crippen LogP contribution in [-0.4, -0.2) is 40.2 Å². The van der Waals surface area contributed by atoms with E-state index in [0.717, 1.165) is 24.1 Å². The molecule has 0 bridgehead atoms. The molecule has 0 spiro atoms. The van der Waals surface area contributed by atoms with Crippen molar-refractivity contribution in [3.05, 3.63) is 74.7 Å². The molecule has 0 aliphatic heterocycles. The topological polar surface area (TPSA) is 140 Å².